The molecule has 0 spiro atoms. The summed E-state index contributed by atoms with van der Waals surface area (Å²) in [5.41, 5.74) is 0.996. The molecule has 0 saturated carbocycles. The quantitative estimate of drug-likeness (QED) is 0.817. The van der Waals surface area contributed by atoms with Gasteiger partial charge in [0.1, 0.15) is 5.76 Å². The number of methoxy groups -OCH3 is 1. The maximum absolute atomic E-state index is 5.99. The van der Waals surface area contributed by atoms with Gasteiger partial charge in [0.25, 0.3) is 0 Å². The minimum Gasteiger partial charge on any atom is -0.382 e. The Labute approximate surface area is 108 Å². The fourth-order valence-corrected chi connectivity index (χ4v) is 2.52. The molecule has 5 heteroatoms. The number of aromatic nitrogens is 1. The minimum atomic E-state index is -0.146. The number of nitrogens with zero attached hydrogens (tertiary/aromatic N) is 2. The van der Waals surface area contributed by atoms with E-state index in [0.29, 0.717) is 6.61 Å². The molecule has 0 unspecified atom stereocenters. The van der Waals surface area contributed by atoms with Crippen molar-refractivity contribution in [1.29, 1.82) is 0 Å². The average molecular weight is 254 g/mol. The third-order valence-electron chi connectivity index (χ3n) is 3.15. The van der Waals surface area contributed by atoms with E-state index in [1.54, 1.807) is 13.3 Å². The van der Waals surface area contributed by atoms with Crippen molar-refractivity contribution in [3.8, 4) is 0 Å². The molecule has 18 heavy (non-hydrogen) atoms. The number of hydrogen-bond donors (Lipinski definition) is 0. The summed E-state index contributed by atoms with van der Waals surface area (Å²) in [5.74, 6) is 0.891. The van der Waals surface area contributed by atoms with Gasteiger partial charge in [0.15, 0.2) is 0 Å². The Balaban J connectivity index is 2.01. The summed E-state index contributed by atoms with van der Waals surface area (Å²) in [6.45, 7) is 9.43. The van der Waals surface area contributed by atoms with Crippen molar-refractivity contribution in [2.45, 2.75) is 39.0 Å². The van der Waals surface area contributed by atoms with E-state index in [9.17, 15) is 0 Å². The highest BCUT2D eigenvalue weighted by Gasteiger charge is 2.33. The molecule has 0 aromatic carbocycles. The Morgan fingerprint density at radius 2 is 2.33 bits per heavy atom. The molecule has 1 aliphatic heterocycles. The Kier molecular flexibility index (Phi) is 4.04. The molecule has 1 fully saturated rings. The number of ether oxygens (including phenoxy) is 2. The van der Waals surface area contributed by atoms with E-state index in [0.717, 1.165) is 31.0 Å². The molecule has 0 bridgehead atoms. The molecule has 2 heterocycles. The van der Waals surface area contributed by atoms with Crippen LogP contribution in [0, 0.1) is 6.92 Å². The first-order valence-corrected chi connectivity index (χ1v) is 6.29. The second kappa shape index (κ2) is 5.38. The third-order valence-corrected chi connectivity index (χ3v) is 3.15. The average Bonchev–Trinajstić information content (AvgIpc) is 2.62. The molecule has 1 saturated heterocycles. The van der Waals surface area contributed by atoms with Crippen molar-refractivity contribution in [2.75, 3.05) is 26.8 Å². The van der Waals surface area contributed by atoms with Crippen molar-refractivity contribution in [1.82, 2.24) is 10.1 Å². The predicted octanol–water partition coefficient (Wildman–Crippen LogP) is 1.61. The summed E-state index contributed by atoms with van der Waals surface area (Å²) < 4.78 is 16.3. The van der Waals surface area contributed by atoms with Crippen LogP contribution in [0.2, 0.25) is 0 Å². The molecule has 2 rings (SSSR count). The first-order valence-electron chi connectivity index (χ1n) is 6.29. The lowest BCUT2D eigenvalue weighted by molar-refractivity contribution is -0.154. The molecule has 0 aliphatic carbocycles. The molecular weight excluding hydrogens is 232 g/mol. The van der Waals surface area contributed by atoms with Crippen molar-refractivity contribution < 1.29 is 14.0 Å². The zero-order valence-corrected chi connectivity index (χ0v) is 11.6. The number of morpholine rings is 1. The van der Waals surface area contributed by atoms with Crippen LogP contribution < -0.4 is 0 Å². The topological polar surface area (TPSA) is 47.7 Å². The zero-order valence-electron chi connectivity index (χ0n) is 11.6. The van der Waals surface area contributed by atoms with Gasteiger partial charge in [0.2, 0.25) is 0 Å². The van der Waals surface area contributed by atoms with Crippen LogP contribution in [0.1, 0.15) is 25.2 Å². The van der Waals surface area contributed by atoms with Crippen LogP contribution in [0.3, 0.4) is 0 Å². The van der Waals surface area contributed by atoms with E-state index < -0.39 is 0 Å². The van der Waals surface area contributed by atoms with Gasteiger partial charge in [-0.2, -0.15) is 0 Å². The smallest absolute Gasteiger partial charge is 0.138 e. The Morgan fingerprint density at radius 1 is 1.56 bits per heavy atom. The highest BCUT2D eigenvalue weighted by molar-refractivity contribution is 5.11. The highest BCUT2D eigenvalue weighted by atomic mass is 16.5. The third kappa shape index (κ3) is 3.31. The van der Waals surface area contributed by atoms with Gasteiger partial charge >= 0.3 is 0 Å². The van der Waals surface area contributed by atoms with E-state index in [1.807, 2.05) is 6.92 Å². The predicted molar refractivity (Wildman–Crippen MR) is 67.3 cm³/mol. The summed E-state index contributed by atoms with van der Waals surface area (Å²) in [6, 6.07) is 0. The summed E-state index contributed by atoms with van der Waals surface area (Å²) in [7, 11) is 1.71. The highest BCUT2D eigenvalue weighted by Crippen LogP contribution is 2.23. The van der Waals surface area contributed by atoms with Crippen LogP contribution in [-0.2, 0) is 16.0 Å². The summed E-state index contributed by atoms with van der Waals surface area (Å²) >= 11 is 0. The first-order chi connectivity index (χ1) is 8.50. The summed E-state index contributed by atoms with van der Waals surface area (Å²) in [6.07, 6.45) is 1.92. The van der Waals surface area contributed by atoms with Gasteiger partial charge in [-0.05, 0) is 20.8 Å². The summed E-state index contributed by atoms with van der Waals surface area (Å²) in [4.78, 5) is 2.37. The Morgan fingerprint density at radius 3 is 2.94 bits per heavy atom. The van der Waals surface area contributed by atoms with E-state index in [-0.39, 0.29) is 11.7 Å². The van der Waals surface area contributed by atoms with Gasteiger partial charge in [0.05, 0.1) is 24.5 Å². The number of aryl methyl sites for hydroxylation is 1. The minimum absolute atomic E-state index is 0.124. The van der Waals surface area contributed by atoms with E-state index in [2.05, 4.69) is 23.9 Å². The van der Waals surface area contributed by atoms with Crippen molar-refractivity contribution >= 4 is 0 Å². The second-order valence-electron chi connectivity index (χ2n) is 5.53. The molecule has 1 atom stereocenters. The van der Waals surface area contributed by atoms with Crippen LogP contribution in [0.5, 0.6) is 0 Å². The molecule has 5 nitrogen and oxygen atoms in total. The molecule has 0 N–H and O–H groups in total. The molecule has 0 amide bonds. The lowest BCUT2D eigenvalue weighted by Gasteiger charge is -2.42. The van der Waals surface area contributed by atoms with Crippen LogP contribution in [0.15, 0.2) is 10.7 Å². The molecular formula is C13H22N2O3. The largest absolute Gasteiger partial charge is 0.382 e. The monoisotopic (exact) mass is 254 g/mol. The van der Waals surface area contributed by atoms with E-state index in [4.69, 9.17) is 14.0 Å². The zero-order chi connectivity index (χ0) is 13.2. The van der Waals surface area contributed by atoms with Crippen LogP contribution in [-0.4, -0.2) is 48.6 Å². The molecule has 102 valence electrons. The van der Waals surface area contributed by atoms with Crippen molar-refractivity contribution in [3.05, 3.63) is 17.5 Å². The number of rotatable bonds is 4. The second-order valence-corrected chi connectivity index (χ2v) is 5.53. The van der Waals surface area contributed by atoms with Gasteiger partial charge < -0.3 is 14.0 Å². The van der Waals surface area contributed by atoms with Gasteiger partial charge in [0, 0.05) is 32.3 Å². The lowest BCUT2D eigenvalue weighted by Crippen LogP contribution is -2.53. The van der Waals surface area contributed by atoms with Crippen LogP contribution in [0.4, 0.5) is 0 Å². The summed E-state index contributed by atoms with van der Waals surface area (Å²) in [5, 5.41) is 3.82. The fraction of sp³-hybridized carbons (Fsp3) is 0.769. The maximum Gasteiger partial charge on any atom is 0.138 e. The Bertz CT molecular complexity index is 389. The molecule has 1 aliphatic rings. The van der Waals surface area contributed by atoms with Gasteiger partial charge in [-0.15, -0.1) is 0 Å². The maximum atomic E-state index is 5.99. The van der Waals surface area contributed by atoms with Crippen LogP contribution in [0.25, 0.3) is 0 Å². The van der Waals surface area contributed by atoms with Crippen molar-refractivity contribution in [2.24, 2.45) is 0 Å². The van der Waals surface area contributed by atoms with Gasteiger partial charge in [-0.1, -0.05) is 5.16 Å². The van der Waals surface area contributed by atoms with Gasteiger partial charge in [-0.3, -0.25) is 4.90 Å². The lowest BCUT2D eigenvalue weighted by atomic mass is 10.0. The first kappa shape index (κ1) is 13.5. The normalized spacial score (nSPS) is 24.3. The Hall–Kier alpha value is -0.910. The number of hydrogen-bond acceptors (Lipinski definition) is 5. The standard InChI is InChI=1S/C13H22N2O3/c1-10-11(5-14-18-10)6-15-7-12(8-16-4)17-13(2,3)9-15/h5,12H,6-9H2,1-4H3/t12-/m1/s1. The molecule has 1 aromatic heterocycles. The SMILES string of the molecule is COC[C@H]1CN(Cc2cnoc2C)CC(C)(C)O1. The fourth-order valence-electron chi connectivity index (χ4n) is 2.52. The van der Waals surface area contributed by atoms with E-state index in [1.165, 1.54) is 0 Å². The van der Waals surface area contributed by atoms with E-state index >= 15 is 0 Å². The van der Waals surface area contributed by atoms with Crippen molar-refractivity contribution in [3.63, 3.8) is 0 Å². The molecule has 0 radical (unpaired) electrons. The van der Waals surface area contributed by atoms with Gasteiger partial charge in [-0.25, -0.2) is 0 Å². The molecule has 1 aromatic rings. The van der Waals surface area contributed by atoms with Crippen LogP contribution >= 0.6 is 0 Å².